The lowest BCUT2D eigenvalue weighted by molar-refractivity contribution is 0.369. The Morgan fingerprint density at radius 3 is 2.57 bits per heavy atom. The molecule has 4 nitrogen and oxygen atoms in total. The second-order valence-corrected chi connectivity index (χ2v) is 6.14. The lowest BCUT2D eigenvalue weighted by atomic mass is 9.96. The molecule has 1 unspecified atom stereocenters. The topological polar surface area (TPSA) is 51.3 Å². The molecule has 0 bridgehead atoms. The molecule has 0 N–H and O–H groups in total. The van der Waals surface area contributed by atoms with Crippen LogP contribution in [0.2, 0.25) is 10.2 Å². The minimum Gasteiger partial charge on any atom is -0.358 e. The maximum Gasteiger partial charge on any atom is 0.168 e. The van der Waals surface area contributed by atoms with Crippen LogP contribution in [0, 0.1) is 0 Å². The zero-order valence-corrected chi connectivity index (χ0v) is 13.6. The molecule has 1 aliphatic heterocycles. The molecule has 0 saturated carbocycles. The third kappa shape index (κ3) is 2.44. The van der Waals surface area contributed by atoms with Crippen molar-refractivity contribution in [1.82, 2.24) is 10.1 Å². The maximum atomic E-state index is 6.12. The molecule has 3 heterocycles. The number of rotatable bonds is 1. The summed E-state index contributed by atoms with van der Waals surface area (Å²) >= 11 is 12.1. The van der Waals surface area contributed by atoms with E-state index in [9.17, 15) is 0 Å². The van der Waals surface area contributed by atoms with Crippen LogP contribution in [-0.4, -0.2) is 15.9 Å². The normalized spacial score (nSPS) is 16.3. The van der Waals surface area contributed by atoms with Crippen molar-refractivity contribution in [2.24, 2.45) is 4.99 Å². The highest BCUT2D eigenvalue weighted by atomic mass is 35.5. The van der Waals surface area contributed by atoms with Crippen LogP contribution in [0.5, 0.6) is 0 Å². The molecule has 3 aromatic rings. The van der Waals surface area contributed by atoms with Crippen molar-refractivity contribution in [2.75, 3.05) is 0 Å². The van der Waals surface area contributed by atoms with Gasteiger partial charge < -0.3 is 4.52 Å². The van der Waals surface area contributed by atoms with Crippen LogP contribution in [-0.2, 0) is 0 Å². The molecule has 0 radical (unpaired) electrons. The Balaban J connectivity index is 2.00. The Bertz CT molecular complexity index is 916. The minimum absolute atomic E-state index is 0.163. The van der Waals surface area contributed by atoms with Crippen molar-refractivity contribution in [3.63, 3.8) is 0 Å². The molecule has 0 fully saturated rings. The van der Waals surface area contributed by atoms with Gasteiger partial charge in [0.25, 0.3) is 0 Å². The van der Waals surface area contributed by atoms with Crippen LogP contribution in [0.25, 0.3) is 11.1 Å². The number of pyridine rings is 1. The van der Waals surface area contributed by atoms with E-state index in [1.807, 2.05) is 37.3 Å². The Morgan fingerprint density at radius 2 is 1.78 bits per heavy atom. The molecular formula is C17H11Cl2N3O. The molecule has 6 heteroatoms. The lowest BCUT2D eigenvalue weighted by Gasteiger charge is -2.10. The Labute approximate surface area is 142 Å². The summed E-state index contributed by atoms with van der Waals surface area (Å²) in [5.41, 5.74) is 4.50. The van der Waals surface area contributed by atoms with E-state index in [-0.39, 0.29) is 6.04 Å². The largest absolute Gasteiger partial charge is 0.358 e. The van der Waals surface area contributed by atoms with Gasteiger partial charge in [-0.05, 0) is 25.1 Å². The third-order valence-corrected chi connectivity index (χ3v) is 4.29. The van der Waals surface area contributed by atoms with Gasteiger partial charge in [-0.25, -0.2) is 4.98 Å². The summed E-state index contributed by atoms with van der Waals surface area (Å²) in [7, 11) is 0. The average molecular weight is 344 g/mol. The van der Waals surface area contributed by atoms with Gasteiger partial charge in [0, 0.05) is 33.5 Å². The number of nitrogens with zero attached hydrogens (tertiary/aromatic N) is 3. The Hall–Kier alpha value is -2.17. The number of benzene rings is 1. The van der Waals surface area contributed by atoms with Gasteiger partial charge >= 0.3 is 0 Å². The molecule has 1 aromatic carbocycles. The summed E-state index contributed by atoms with van der Waals surface area (Å²) in [5.74, 6) is 0.722. The van der Waals surface area contributed by atoms with E-state index in [2.05, 4.69) is 10.1 Å². The molecule has 2 aromatic heterocycles. The molecule has 4 rings (SSSR count). The molecule has 1 atom stereocenters. The van der Waals surface area contributed by atoms with Crippen LogP contribution >= 0.6 is 23.2 Å². The molecule has 23 heavy (non-hydrogen) atoms. The summed E-state index contributed by atoms with van der Waals surface area (Å²) in [5, 5.41) is 5.00. The fourth-order valence-corrected chi connectivity index (χ4v) is 3.04. The van der Waals surface area contributed by atoms with Crippen molar-refractivity contribution in [3.8, 4) is 11.1 Å². The quantitative estimate of drug-likeness (QED) is 0.587. The van der Waals surface area contributed by atoms with E-state index in [1.54, 1.807) is 12.4 Å². The van der Waals surface area contributed by atoms with Crippen LogP contribution in [0.15, 0.2) is 52.2 Å². The average Bonchev–Trinajstić information content (AvgIpc) is 2.99. The molecule has 114 valence electrons. The molecular weight excluding hydrogens is 333 g/mol. The first-order valence-corrected chi connectivity index (χ1v) is 7.83. The molecule has 0 spiro atoms. The number of hydrogen-bond donors (Lipinski definition) is 0. The zero-order chi connectivity index (χ0) is 16.0. The standard InChI is InChI=1S/C17H11Cl2N3O/c1-9-17-14(8-21-23-17)13-7-20-15(19)6-12(13)16(22-9)10-2-4-11(18)5-3-10/h2-9H,1H3. The summed E-state index contributed by atoms with van der Waals surface area (Å²) in [6.07, 6.45) is 3.43. The summed E-state index contributed by atoms with van der Waals surface area (Å²) in [4.78, 5) is 9.03. The molecule has 1 aliphatic rings. The maximum absolute atomic E-state index is 6.12. The SMILES string of the molecule is CC1N=C(c2ccc(Cl)cc2)c2cc(Cl)ncc2-c2cnoc21. The van der Waals surface area contributed by atoms with Gasteiger partial charge in [-0.3, -0.25) is 4.99 Å². The van der Waals surface area contributed by atoms with Crippen LogP contribution in [0.1, 0.15) is 29.9 Å². The lowest BCUT2D eigenvalue weighted by Crippen LogP contribution is -2.05. The van der Waals surface area contributed by atoms with Crippen molar-refractivity contribution in [1.29, 1.82) is 0 Å². The summed E-state index contributed by atoms with van der Waals surface area (Å²) < 4.78 is 5.40. The van der Waals surface area contributed by atoms with Crippen molar-refractivity contribution >= 4 is 28.9 Å². The Morgan fingerprint density at radius 1 is 1.00 bits per heavy atom. The monoisotopic (exact) mass is 343 g/mol. The first-order chi connectivity index (χ1) is 11.1. The number of hydrogen-bond acceptors (Lipinski definition) is 4. The van der Waals surface area contributed by atoms with Crippen molar-refractivity contribution in [3.05, 3.63) is 69.8 Å². The fraction of sp³-hybridized carbons (Fsp3) is 0.118. The van der Waals surface area contributed by atoms with Gasteiger partial charge in [-0.2, -0.15) is 0 Å². The van der Waals surface area contributed by atoms with E-state index in [4.69, 9.17) is 32.7 Å². The first kappa shape index (κ1) is 14.4. The highest BCUT2D eigenvalue weighted by molar-refractivity contribution is 6.31. The predicted octanol–water partition coefficient (Wildman–Crippen LogP) is 4.96. The van der Waals surface area contributed by atoms with E-state index in [0.717, 1.165) is 33.7 Å². The van der Waals surface area contributed by atoms with Gasteiger partial charge in [0.1, 0.15) is 11.2 Å². The number of halogens is 2. The van der Waals surface area contributed by atoms with Gasteiger partial charge in [-0.1, -0.05) is 40.5 Å². The first-order valence-electron chi connectivity index (χ1n) is 7.08. The van der Waals surface area contributed by atoms with Gasteiger partial charge in [0.15, 0.2) is 5.76 Å². The van der Waals surface area contributed by atoms with Crippen LogP contribution in [0.4, 0.5) is 0 Å². The molecule has 0 amide bonds. The number of aliphatic imine (C=N–C) groups is 1. The second-order valence-electron chi connectivity index (χ2n) is 5.32. The molecule has 0 aliphatic carbocycles. The molecule has 0 saturated heterocycles. The van der Waals surface area contributed by atoms with Crippen molar-refractivity contribution < 1.29 is 4.52 Å². The van der Waals surface area contributed by atoms with Crippen LogP contribution < -0.4 is 0 Å². The van der Waals surface area contributed by atoms with Gasteiger partial charge in [0.2, 0.25) is 0 Å². The second kappa shape index (κ2) is 5.48. The van der Waals surface area contributed by atoms with Crippen LogP contribution in [0.3, 0.4) is 0 Å². The number of aromatic nitrogens is 2. The highest BCUT2D eigenvalue weighted by Crippen LogP contribution is 2.37. The van der Waals surface area contributed by atoms with E-state index < -0.39 is 0 Å². The highest BCUT2D eigenvalue weighted by Gasteiger charge is 2.26. The third-order valence-electron chi connectivity index (χ3n) is 3.83. The minimum atomic E-state index is -0.163. The number of fused-ring (bicyclic) bond motifs is 3. The van der Waals surface area contributed by atoms with E-state index in [1.165, 1.54) is 0 Å². The fourth-order valence-electron chi connectivity index (χ4n) is 2.75. The summed E-state index contributed by atoms with van der Waals surface area (Å²) in [6.45, 7) is 1.97. The van der Waals surface area contributed by atoms with E-state index in [0.29, 0.717) is 10.2 Å². The van der Waals surface area contributed by atoms with Crippen molar-refractivity contribution in [2.45, 2.75) is 13.0 Å². The Kier molecular flexibility index (Phi) is 3.43. The summed E-state index contributed by atoms with van der Waals surface area (Å²) in [6, 6.07) is 9.23. The smallest absolute Gasteiger partial charge is 0.168 e. The van der Waals surface area contributed by atoms with Gasteiger partial charge in [-0.15, -0.1) is 0 Å². The predicted molar refractivity (Wildman–Crippen MR) is 90.3 cm³/mol. The van der Waals surface area contributed by atoms with E-state index >= 15 is 0 Å². The zero-order valence-electron chi connectivity index (χ0n) is 12.1. The van der Waals surface area contributed by atoms with Gasteiger partial charge in [0.05, 0.1) is 11.9 Å².